The SMILES string of the molecule is COc1cccc(N2CC(C(=O)NCc3cccc(Cl)c3)NC2=O)c1. The average molecular weight is 360 g/mol. The van der Waals surface area contributed by atoms with Crippen molar-refractivity contribution in [1.82, 2.24) is 10.6 Å². The molecule has 1 heterocycles. The molecule has 2 N–H and O–H groups in total. The van der Waals surface area contributed by atoms with E-state index in [0.717, 1.165) is 5.56 Å². The summed E-state index contributed by atoms with van der Waals surface area (Å²) in [6, 6.07) is 13.5. The molecule has 0 aromatic heterocycles. The molecule has 3 rings (SSSR count). The van der Waals surface area contributed by atoms with E-state index in [1.54, 1.807) is 43.5 Å². The third-order valence-corrected chi connectivity index (χ3v) is 4.18. The number of ether oxygens (including phenoxy) is 1. The highest BCUT2D eigenvalue weighted by Crippen LogP contribution is 2.23. The molecule has 1 saturated heterocycles. The normalized spacial score (nSPS) is 16.5. The van der Waals surface area contributed by atoms with E-state index >= 15 is 0 Å². The van der Waals surface area contributed by atoms with Crippen LogP contribution in [0.5, 0.6) is 5.75 Å². The number of benzene rings is 2. The average Bonchev–Trinajstić information content (AvgIpc) is 3.01. The number of carbonyl (C=O) groups excluding carboxylic acids is 2. The second-order valence-electron chi connectivity index (χ2n) is 5.66. The summed E-state index contributed by atoms with van der Waals surface area (Å²) in [5.74, 6) is 0.415. The fourth-order valence-corrected chi connectivity index (χ4v) is 2.86. The van der Waals surface area contributed by atoms with E-state index in [4.69, 9.17) is 16.3 Å². The van der Waals surface area contributed by atoms with E-state index in [1.165, 1.54) is 4.90 Å². The topological polar surface area (TPSA) is 70.7 Å². The second kappa shape index (κ2) is 7.44. The highest BCUT2D eigenvalue weighted by Gasteiger charge is 2.34. The van der Waals surface area contributed by atoms with Crippen LogP contribution in [-0.4, -0.2) is 31.6 Å². The molecule has 0 saturated carbocycles. The summed E-state index contributed by atoms with van der Waals surface area (Å²) in [6.07, 6.45) is 0. The Morgan fingerprint density at radius 3 is 2.88 bits per heavy atom. The third-order valence-electron chi connectivity index (χ3n) is 3.95. The Bertz CT molecular complexity index is 797. The number of urea groups is 1. The van der Waals surface area contributed by atoms with Gasteiger partial charge in [0, 0.05) is 23.3 Å². The first-order chi connectivity index (χ1) is 12.1. The lowest BCUT2D eigenvalue weighted by atomic mass is 10.2. The van der Waals surface area contributed by atoms with Crippen molar-refractivity contribution >= 4 is 29.2 Å². The van der Waals surface area contributed by atoms with Crippen molar-refractivity contribution < 1.29 is 14.3 Å². The Morgan fingerprint density at radius 2 is 2.12 bits per heavy atom. The number of nitrogens with one attached hydrogen (secondary N) is 2. The van der Waals surface area contributed by atoms with Gasteiger partial charge in [-0.2, -0.15) is 0 Å². The van der Waals surface area contributed by atoms with Crippen molar-refractivity contribution in [2.75, 3.05) is 18.6 Å². The van der Waals surface area contributed by atoms with Gasteiger partial charge in [0.05, 0.1) is 13.7 Å². The molecule has 130 valence electrons. The third kappa shape index (κ3) is 4.03. The fourth-order valence-electron chi connectivity index (χ4n) is 2.65. The summed E-state index contributed by atoms with van der Waals surface area (Å²) >= 11 is 5.93. The van der Waals surface area contributed by atoms with Gasteiger partial charge in [0.1, 0.15) is 11.8 Å². The van der Waals surface area contributed by atoms with Gasteiger partial charge in [-0.1, -0.05) is 29.8 Å². The zero-order valence-corrected chi connectivity index (χ0v) is 14.4. The predicted molar refractivity (Wildman–Crippen MR) is 96.0 cm³/mol. The largest absolute Gasteiger partial charge is 0.497 e. The van der Waals surface area contributed by atoms with Gasteiger partial charge in [0.2, 0.25) is 5.91 Å². The van der Waals surface area contributed by atoms with Gasteiger partial charge in [0.25, 0.3) is 0 Å². The standard InChI is InChI=1S/C18H18ClN3O3/c1-25-15-7-3-6-14(9-15)22-11-16(21-18(22)24)17(23)20-10-12-4-2-5-13(19)8-12/h2-9,16H,10-11H2,1H3,(H,20,23)(H,21,24). The van der Waals surface area contributed by atoms with Crippen LogP contribution in [0.15, 0.2) is 48.5 Å². The number of methoxy groups -OCH3 is 1. The quantitative estimate of drug-likeness (QED) is 0.862. The van der Waals surface area contributed by atoms with Gasteiger partial charge < -0.3 is 15.4 Å². The minimum atomic E-state index is -0.613. The van der Waals surface area contributed by atoms with Gasteiger partial charge >= 0.3 is 6.03 Å². The number of anilines is 1. The van der Waals surface area contributed by atoms with Crippen molar-refractivity contribution in [2.45, 2.75) is 12.6 Å². The maximum absolute atomic E-state index is 12.3. The maximum atomic E-state index is 12.3. The molecule has 0 radical (unpaired) electrons. The molecule has 2 aromatic rings. The first kappa shape index (κ1) is 17.1. The van der Waals surface area contributed by atoms with E-state index in [9.17, 15) is 9.59 Å². The van der Waals surface area contributed by atoms with Crippen LogP contribution in [-0.2, 0) is 11.3 Å². The summed E-state index contributed by atoms with van der Waals surface area (Å²) in [4.78, 5) is 26.0. The van der Waals surface area contributed by atoms with Crippen LogP contribution in [0.1, 0.15) is 5.56 Å². The number of halogens is 1. The van der Waals surface area contributed by atoms with Gasteiger partial charge in [-0.3, -0.25) is 9.69 Å². The molecule has 25 heavy (non-hydrogen) atoms. The minimum absolute atomic E-state index is 0.237. The molecule has 6 nitrogen and oxygen atoms in total. The molecule has 0 bridgehead atoms. The first-order valence-electron chi connectivity index (χ1n) is 7.81. The lowest BCUT2D eigenvalue weighted by Gasteiger charge is -2.15. The smallest absolute Gasteiger partial charge is 0.322 e. The van der Waals surface area contributed by atoms with Crippen LogP contribution < -0.4 is 20.3 Å². The number of hydrogen-bond donors (Lipinski definition) is 2. The maximum Gasteiger partial charge on any atom is 0.322 e. The van der Waals surface area contributed by atoms with Crippen LogP contribution in [0.25, 0.3) is 0 Å². The van der Waals surface area contributed by atoms with Gasteiger partial charge in [0.15, 0.2) is 0 Å². The zero-order valence-electron chi connectivity index (χ0n) is 13.7. The Morgan fingerprint density at radius 1 is 1.32 bits per heavy atom. The summed E-state index contributed by atoms with van der Waals surface area (Å²) in [5.41, 5.74) is 1.58. The highest BCUT2D eigenvalue weighted by atomic mass is 35.5. The summed E-state index contributed by atoms with van der Waals surface area (Å²) < 4.78 is 5.17. The van der Waals surface area contributed by atoms with Gasteiger partial charge in [-0.25, -0.2) is 4.79 Å². The second-order valence-corrected chi connectivity index (χ2v) is 6.10. The van der Waals surface area contributed by atoms with Crippen molar-refractivity contribution in [3.63, 3.8) is 0 Å². The molecule has 1 unspecified atom stereocenters. The van der Waals surface area contributed by atoms with Crippen molar-refractivity contribution in [1.29, 1.82) is 0 Å². The molecular weight excluding hydrogens is 342 g/mol. The van der Waals surface area contributed by atoms with E-state index in [0.29, 0.717) is 23.0 Å². The van der Waals surface area contributed by atoms with E-state index in [-0.39, 0.29) is 18.5 Å². The summed E-state index contributed by atoms with van der Waals surface area (Å²) in [5, 5.41) is 6.13. The highest BCUT2D eigenvalue weighted by molar-refractivity contribution is 6.30. The number of nitrogens with zero attached hydrogens (tertiary/aromatic N) is 1. The van der Waals surface area contributed by atoms with Crippen molar-refractivity contribution in [3.05, 3.63) is 59.1 Å². The van der Waals surface area contributed by atoms with E-state index < -0.39 is 6.04 Å². The summed E-state index contributed by atoms with van der Waals surface area (Å²) in [7, 11) is 1.56. The van der Waals surface area contributed by atoms with E-state index in [1.807, 2.05) is 12.1 Å². The number of carbonyl (C=O) groups is 2. The number of amides is 3. The first-order valence-corrected chi connectivity index (χ1v) is 8.19. The van der Waals surface area contributed by atoms with Crippen LogP contribution in [0.2, 0.25) is 5.02 Å². The molecular formula is C18H18ClN3O3. The van der Waals surface area contributed by atoms with Crippen LogP contribution in [0, 0.1) is 0 Å². The van der Waals surface area contributed by atoms with E-state index in [2.05, 4.69) is 10.6 Å². The van der Waals surface area contributed by atoms with Crippen LogP contribution in [0.3, 0.4) is 0 Å². The van der Waals surface area contributed by atoms with Crippen molar-refractivity contribution in [2.24, 2.45) is 0 Å². The molecule has 2 aromatic carbocycles. The Balaban J connectivity index is 1.62. The number of rotatable bonds is 5. The van der Waals surface area contributed by atoms with Crippen LogP contribution >= 0.6 is 11.6 Å². The van der Waals surface area contributed by atoms with Gasteiger partial charge in [-0.15, -0.1) is 0 Å². The van der Waals surface area contributed by atoms with Crippen LogP contribution in [0.4, 0.5) is 10.5 Å². The lowest BCUT2D eigenvalue weighted by Crippen LogP contribution is -2.42. The molecule has 0 spiro atoms. The molecule has 3 amide bonds. The Hall–Kier alpha value is -2.73. The lowest BCUT2D eigenvalue weighted by molar-refractivity contribution is -0.122. The molecule has 1 aliphatic heterocycles. The molecule has 1 atom stereocenters. The molecule has 0 aliphatic carbocycles. The minimum Gasteiger partial charge on any atom is -0.497 e. The monoisotopic (exact) mass is 359 g/mol. The molecule has 7 heteroatoms. The Kier molecular flexibility index (Phi) is 5.09. The Labute approximate surface area is 150 Å². The zero-order chi connectivity index (χ0) is 17.8. The van der Waals surface area contributed by atoms with Crippen molar-refractivity contribution in [3.8, 4) is 5.75 Å². The molecule has 1 fully saturated rings. The number of hydrogen-bond acceptors (Lipinski definition) is 3. The molecule has 1 aliphatic rings. The predicted octanol–water partition coefficient (Wildman–Crippen LogP) is 2.56. The van der Waals surface area contributed by atoms with Gasteiger partial charge in [-0.05, 0) is 29.8 Å². The summed E-state index contributed by atoms with van der Waals surface area (Å²) in [6.45, 7) is 0.609. The fraction of sp³-hybridized carbons (Fsp3) is 0.222.